The SMILES string of the molecule is CC(C)(C)[C@H](N1CCNCC1)C(F)(F)F.Cl.Cl. The average molecular weight is 297 g/mol. The summed E-state index contributed by atoms with van der Waals surface area (Å²) in [6.45, 7) is 7.17. The summed E-state index contributed by atoms with van der Waals surface area (Å²) in [5.41, 5.74) is -0.768. The van der Waals surface area contributed by atoms with Crippen LogP contribution in [0.15, 0.2) is 0 Å². The van der Waals surface area contributed by atoms with Gasteiger partial charge in [0.1, 0.15) is 6.04 Å². The molecule has 0 bridgehead atoms. The molecule has 1 aliphatic heterocycles. The van der Waals surface area contributed by atoms with E-state index in [4.69, 9.17) is 0 Å². The van der Waals surface area contributed by atoms with Crippen molar-refractivity contribution in [1.29, 1.82) is 0 Å². The van der Waals surface area contributed by atoms with Crippen LogP contribution < -0.4 is 5.32 Å². The van der Waals surface area contributed by atoms with Crippen molar-refractivity contribution in [1.82, 2.24) is 10.2 Å². The van der Waals surface area contributed by atoms with Crippen LogP contribution in [0.4, 0.5) is 13.2 Å². The Balaban J connectivity index is 0. The largest absolute Gasteiger partial charge is 0.404 e. The van der Waals surface area contributed by atoms with E-state index in [9.17, 15) is 13.2 Å². The molecule has 1 heterocycles. The smallest absolute Gasteiger partial charge is 0.314 e. The molecule has 1 rings (SSSR count). The zero-order valence-corrected chi connectivity index (χ0v) is 11.9. The monoisotopic (exact) mass is 296 g/mol. The van der Waals surface area contributed by atoms with Crippen LogP contribution in [0, 0.1) is 5.41 Å². The van der Waals surface area contributed by atoms with Crippen molar-refractivity contribution in [3.05, 3.63) is 0 Å². The number of alkyl halides is 3. The molecule has 1 fully saturated rings. The van der Waals surface area contributed by atoms with E-state index in [2.05, 4.69) is 5.32 Å². The normalized spacial score (nSPS) is 20.1. The van der Waals surface area contributed by atoms with Gasteiger partial charge in [0, 0.05) is 26.2 Å². The van der Waals surface area contributed by atoms with Crippen LogP contribution in [0.2, 0.25) is 0 Å². The minimum atomic E-state index is -4.14. The summed E-state index contributed by atoms with van der Waals surface area (Å²) < 4.78 is 38.8. The number of halogens is 5. The molecule has 0 radical (unpaired) electrons. The van der Waals surface area contributed by atoms with Gasteiger partial charge in [-0.1, -0.05) is 20.8 Å². The number of hydrogen-bond acceptors (Lipinski definition) is 2. The molecule has 106 valence electrons. The highest BCUT2D eigenvalue weighted by atomic mass is 35.5. The van der Waals surface area contributed by atoms with Gasteiger partial charge in [0.15, 0.2) is 0 Å². The summed E-state index contributed by atoms with van der Waals surface area (Å²) in [5, 5.41) is 3.06. The van der Waals surface area contributed by atoms with Gasteiger partial charge in [-0.05, 0) is 5.41 Å². The minimum Gasteiger partial charge on any atom is -0.314 e. The lowest BCUT2D eigenvalue weighted by molar-refractivity contribution is -0.210. The lowest BCUT2D eigenvalue weighted by Gasteiger charge is -2.42. The zero-order valence-electron chi connectivity index (χ0n) is 10.3. The fourth-order valence-corrected chi connectivity index (χ4v) is 2.19. The van der Waals surface area contributed by atoms with Crippen molar-refractivity contribution < 1.29 is 13.2 Å². The number of nitrogens with zero attached hydrogens (tertiary/aromatic N) is 1. The van der Waals surface area contributed by atoms with E-state index in [1.54, 1.807) is 20.8 Å². The number of hydrogen-bond donors (Lipinski definition) is 1. The van der Waals surface area contributed by atoms with Gasteiger partial charge in [-0.3, -0.25) is 4.90 Å². The second-order valence-corrected chi connectivity index (χ2v) is 5.10. The number of nitrogens with one attached hydrogen (secondary N) is 1. The summed E-state index contributed by atoms with van der Waals surface area (Å²) in [4.78, 5) is 1.54. The Morgan fingerprint density at radius 2 is 1.41 bits per heavy atom. The first-order valence-corrected chi connectivity index (χ1v) is 5.24. The van der Waals surface area contributed by atoms with E-state index in [0.29, 0.717) is 26.2 Å². The molecule has 1 N–H and O–H groups in total. The van der Waals surface area contributed by atoms with Gasteiger partial charge < -0.3 is 5.32 Å². The van der Waals surface area contributed by atoms with Crippen LogP contribution in [0.25, 0.3) is 0 Å². The van der Waals surface area contributed by atoms with Crippen LogP contribution in [0.5, 0.6) is 0 Å². The Labute approximate surface area is 113 Å². The highest BCUT2D eigenvalue weighted by molar-refractivity contribution is 5.85. The molecule has 0 unspecified atom stereocenters. The van der Waals surface area contributed by atoms with Gasteiger partial charge in [-0.15, -0.1) is 24.8 Å². The topological polar surface area (TPSA) is 15.3 Å². The third kappa shape index (κ3) is 5.64. The van der Waals surface area contributed by atoms with Crippen molar-refractivity contribution in [2.75, 3.05) is 26.2 Å². The molecule has 0 aromatic carbocycles. The predicted molar refractivity (Wildman–Crippen MR) is 68.2 cm³/mol. The first-order valence-electron chi connectivity index (χ1n) is 5.24. The van der Waals surface area contributed by atoms with Crippen LogP contribution in [0.1, 0.15) is 20.8 Å². The summed E-state index contributed by atoms with van der Waals surface area (Å²) in [6.07, 6.45) is -4.14. The molecule has 0 amide bonds. The number of rotatable bonds is 1. The van der Waals surface area contributed by atoms with Gasteiger partial charge in [0.25, 0.3) is 0 Å². The van der Waals surface area contributed by atoms with Gasteiger partial charge in [0.2, 0.25) is 0 Å². The van der Waals surface area contributed by atoms with Crippen LogP contribution in [0.3, 0.4) is 0 Å². The molecule has 0 saturated carbocycles. The molecule has 1 atom stereocenters. The van der Waals surface area contributed by atoms with Crippen molar-refractivity contribution in [2.24, 2.45) is 5.41 Å². The van der Waals surface area contributed by atoms with Crippen molar-refractivity contribution >= 4 is 24.8 Å². The summed E-state index contributed by atoms with van der Waals surface area (Å²) in [5.74, 6) is 0. The Bertz CT molecular complexity index is 197. The molecule has 17 heavy (non-hydrogen) atoms. The van der Waals surface area contributed by atoms with Crippen molar-refractivity contribution in [3.8, 4) is 0 Å². The van der Waals surface area contributed by atoms with Crippen molar-refractivity contribution in [2.45, 2.75) is 33.0 Å². The first kappa shape index (κ1) is 19.6. The lowest BCUT2D eigenvalue weighted by atomic mass is 9.85. The van der Waals surface area contributed by atoms with E-state index in [1.165, 1.54) is 4.90 Å². The summed E-state index contributed by atoms with van der Waals surface area (Å²) in [7, 11) is 0. The number of piperazine rings is 1. The van der Waals surface area contributed by atoms with E-state index in [0.717, 1.165) is 0 Å². The van der Waals surface area contributed by atoms with E-state index < -0.39 is 17.6 Å². The fraction of sp³-hybridized carbons (Fsp3) is 1.00. The Kier molecular flexibility index (Phi) is 8.11. The molecule has 0 aliphatic carbocycles. The Morgan fingerprint density at radius 1 is 1.00 bits per heavy atom. The van der Waals surface area contributed by atoms with Crippen molar-refractivity contribution in [3.63, 3.8) is 0 Å². The maximum atomic E-state index is 12.9. The lowest BCUT2D eigenvalue weighted by Crippen LogP contribution is -2.58. The standard InChI is InChI=1S/C10H19F3N2.2ClH/c1-9(2,3)8(10(11,12)13)15-6-4-14-5-7-15;;/h8,14H,4-7H2,1-3H3;2*1H/t8-;;/m0../s1. The van der Waals surface area contributed by atoms with Gasteiger partial charge in [0.05, 0.1) is 0 Å². The van der Waals surface area contributed by atoms with Crippen LogP contribution in [-0.4, -0.2) is 43.3 Å². The van der Waals surface area contributed by atoms with E-state index in [1.807, 2.05) is 0 Å². The molecular formula is C10H21Cl2F3N2. The van der Waals surface area contributed by atoms with Crippen LogP contribution >= 0.6 is 24.8 Å². The average Bonchev–Trinajstić information content (AvgIpc) is 2.00. The molecule has 0 aromatic rings. The molecular weight excluding hydrogens is 276 g/mol. The second-order valence-electron chi connectivity index (χ2n) is 5.10. The maximum Gasteiger partial charge on any atom is 0.404 e. The first-order chi connectivity index (χ1) is 6.73. The van der Waals surface area contributed by atoms with Gasteiger partial charge in [-0.2, -0.15) is 13.2 Å². The molecule has 0 aromatic heterocycles. The van der Waals surface area contributed by atoms with E-state index >= 15 is 0 Å². The third-order valence-electron chi connectivity index (χ3n) is 2.65. The van der Waals surface area contributed by atoms with E-state index in [-0.39, 0.29) is 24.8 Å². The summed E-state index contributed by atoms with van der Waals surface area (Å²) in [6, 6.07) is -1.34. The second kappa shape index (κ2) is 7.02. The minimum absolute atomic E-state index is 0. The quantitative estimate of drug-likeness (QED) is 0.800. The highest BCUT2D eigenvalue weighted by Gasteiger charge is 2.50. The predicted octanol–water partition coefficient (Wildman–Crippen LogP) is 2.71. The Morgan fingerprint density at radius 3 is 1.71 bits per heavy atom. The molecule has 7 heteroatoms. The molecule has 2 nitrogen and oxygen atoms in total. The highest BCUT2D eigenvalue weighted by Crippen LogP contribution is 2.37. The van der Waals surface area contributed by atoms with Crippen LogP contribution in [-0.2, 0) is 0 Å². The van der Waals surface area contributed by atoms with Gasteiger partial charge >= 0.3 is 6.18 Å². The maximum absolute atomic E-state index is 12.9. The third-order valence-corrected chi connectivity index (χ3v) is 2.65. The molecule has 0 spiro atoms. The zero-order chi connectivity index (χ0) is 11.7. The van der Waals surface area contributed by atoms with Gasteiger partial charge in [-0.25, -0.2) is 0 Å². The molecule has 1 aliphatic rings. The summed E-state index contributed by atoms with van der Waals surface area (Å²) >= 11 is 0. The molecule has 1 saturated heterocycles. The Hall–Kier alpha value is 0.290. The fourth-order valence-electron chi connectivity index (χ4n) is 2.19.